The van der Waals surface area contributed by atoms with Crippen LogP contribution in [0.15, 0.2) is 10.9 Å². The summed E-state index contributed by atoms with van der Waals surface area (Å²) in [5.41, 5.74) is 2.63. The maximum absolute atomic E-state index is 12.1. The van der Waals surface area contributed by atoms with E-state index in [0.717, 1.165) is 11.4 Å². The number of rotatable bonds is 5. The molecule has 0 bridgehead atoms. The van der Waals surface area contributed by atoms with E-state index < -0.39 is 0 Å². The van der Waals surface area contributed by atoms with E-state index in [2.05, 4.69) is 25.5 Å². The van der Waals surface area contributed by atoms with Gasteiger partial charge in [0.25, 0.3) is 5.56 Å². The Morgan fingerprint density at radius 3 is 2.68 bits per heavy atom. The minimum Gasteiger partial charge on any atom is -0.353 e. The monoisotopic (exact) mass is 303 g/mol. The second-order valence-electron chi connectivity index (χ2n) is 5.61. The van der Waals surface area contributed by atoms with Gasteiger partial charge in [-0.1, -0.05) is 0 Å². The maximum Gasteiger partial charge on any atom is 0.254 e. The molecule has 7 nitrogen and oxygen atoms in total. The molecule has 0 aromatic carbocycles. The molecule has 0 aliphatic carbocycles. The van der Waals surface area contributed by atoms with Crippen LogP contribution in [0.1, 0.15) is 35.4 Å². The highest BCUT2D eigenvalue weighted by Crippen LogP contribution is 2.03. The van der Waals surface area contributed by atoms with Crippen LogP contribution < -0.4 is 10.9 Å². The third-order valence-electron chi connectivity index (χ3n) is 3.36. The standard InChI is InChI=1S/C15H21N5O2/c1-8(5-12-6-9(2)19-20-12)16-14(21)7-13-10(3)17-11(4)18-15(13)22/h6,8H,5,7H2,1-4H3,(H,16,21)(H,19,20)(H,17,18,22)/t8-/m1/s1. The molecule has 3 N–H and O–H groups in total. The lowest BCUT2D eigenvalue weighted by Crippen LogP contribution is -2.36. The molecule has 0 aliphatic heterocycles. The van der Waals surface area contributed by atoms with Gasteiger partial charge in [0.2, 0.25) is 5.91 Å². The number of H-pyrrole nitrogens is 2. The lowest BCUT2D eigenvalue weighted by Gasteiger charge is -2.13. The Hall–Kier alpha value is -2.44. The molecular weight excluding hydrogens is 282 g/mol. The third kappa shape index (κ3) is 4.03. The van der Waals surface area contributed by atoms with Gasteiger partial charge in [-0.25, -0.2) is 4.98 Å². The zero-order chi connectivity index (χ0) is 16.3. The highest BCUT2D eigenvalue weighted by molar-refractivity contribution is 5.79. The van der Waals surface area contributed by atoms with Crippen LogP contribution in [0.5, 0.6) is 0 Å². The van der Waals surface area contributed by atoms with Crippen molar-refractivity contribution in [3.05, 3.63) is 44.9 Å². The van der Waals surface area contributed by atoms with Crippen molar-refractivity contribution in [3.8, 4) is 0 Å². The van der Waals surface area contributed by atoms with Crippen molar-refractivity contribution in [2.45, 2.75) is 46.6 Å². The fraction of sp³-hybridized carbons (Fsp3) is 0.467. The molecule has 1 atom stereocenters. The average molecular weight is 303 g/mol. The first kappa shape index (κ1) is 15.9. The fourth-order valence-corrected chi connectivity index (χ4v) is 2.39. The van der Waals surface area contributed by atoms with E-state index in [1.165, 1.54) is 0 Å². The molecule has 2 heterocycles. The number of nitrogens with one attached hydrogen (secondary N) is 3. The van der Waals surface area contributed by atoms with E-state index in [4.69, 9.17) is 0 Å². The van der Waals surface area contributed by atoms with Crippen LogP contribution in [0.25, 0.3) is 0 Å². The smallest absolute Gasteiger partial charge is 0.254 e. The zero-order valence-corrected chi connectivity index (χ0v) is 13.3. The van der Waals surface area contributed by atoms with Gasteiger partial charge < -0.3 is 10.3 Å². The largest absolute Gasteiger partial charge is 0.353 e. The van der Waals surface area contributed by atoms with Gasteiger partial charge in [0.15, 0.2) is 0 Å². The summed E-state index contributed by atoms with van der Waals surface area (Å²) in [6.07, 6.45) is 0.663. The molecular formula is C15H21N5O2. The first-order chi connectivity index (χ1) is 10.3. The summed E-state index contributed by atoms with van der Waals surface area (Å²) in [5, 5.41) is 9.90. The molecule has 0 saturated carbocycles. The summed E-state index contributed by atoms with van der Waals surface area (Å²) in [6, 6.07) is 1.88. The number of nitrogens with zero attached hydrogens (tertiary/aromatic N) is 2. The van der Waals surface area contributed by atoms with Crippen molar-refractivity contribution >= 4 is 5.91 Å². The van der Waals surface area contributed by atoms with Crippen molar-refractivity contribution in [2.75, 3.05) is 0 Å². The number of hydrogen-bond donors (Lipinski definition) is 3. The van der Waals surface area contributed by atoms with Crippen LogP contribution in [-0.2, 0) is 17.6 Å². The van der Waals surface area contributed by atoms with E-state index in [9.17, 15) is 9.59 Å². The second-order valence-corrected chi connectivity index (χ2v) is 5.61. The molecule has 2 rings (SSSR count). The lowest BCUT2D eigenvalue weighted by molar-refractivity contribution is -0.121. The quantitative estimate of drug-likeness (QED) is 0.756. The van der Waals surface area contributed by atoms with Gasteiger partial charge in [0, 0.05) is 29.4 Å². The highest BCUT2D eigenvalue weighted by Gasteiger charge is 2.14. The molecule has 118 valence electrons. The van der Waals surface area contributed by atoms with Crippen LogP contribution in [0.3, 0.4) is 0 Å². The molecule has 7 heteroatoms. The molecule has 0 aliphatic rings. The fourth-order valence-electron chi connectivity index (χ4n) is 2.39. The number of hydrogen-bond acceptors (Lipinski definition) is 4. The van der Waals surface area contributed by atoms with Crippen LogP contribution in [0.4, 0.5) is 0 Å². The van der Waals surface area contributed by atoms with E-state index in [-0.39, 0.29) is 23.9 Å². The summed E-state index contributed by atoms with van der Waals surface area (Å²) in [4.78, 5) is 30.8. The molecule has 0 unspecified atom stereocenters. The number of amides is 1. The summed E-state index contributed by atoms with van der Waals surface area (Å²) < 4.78 is 0. The Morgan fingerprint density at radius 1 is 1.36 bits per heavy atom. The Morgan fingerprint density at radius 2 is 2.09 bits per heavy atom. The zero-order valence-electron chi connectivity index (χ0n) is 13.3. The van der Waals surface area contributed by atoms with E-state index >= 15 is 0 Å². The maximum atomic E-state index is 12.1. The number of aryl methyl sites for hydroxylation is 3. The Balaban J connectivity index is 1.97. The molecule has 22 heavy (non-hydrogen) atoms. The van der Waals surface area contributed by atoms with Crippen LogP contribution in [0.2, 0.25) is 0 Å². The molecule has 0 saturated heterocycles. The second kappa shape index (κ2) is 6.55. The van der Waals surface area contributed by atoms with Gasteiger partial charge >= 0.3 is 0 Å². The van der Waals surface area contributed by atoms with E-state index in [0.29, 0.717) is 23.5 Å². The Bertz CT molecular complexity index is 732. The van der Waals surface area contributed by atoms with Crippen LogP contribution >= 0.6 is 0 Å². The van der Waals surface area contributed by atoms with Gasteiger partial charge in [-0.05, 0) is 33.8 Å². The number of carbonyl (C=O) groups is 1. The Labute approximate surface area is 128 Å². The third-order valence-corrected chi connectivity index (χ3v) is 3.36. The van der Waals surface area contributed by atoms with Crippen molar-refractivity contribution in [3.63, 3.8) is 0 Å². The van der Waals surface area contributed by atoms with Gasteiger partial charge in [0.05, 0.1) is 12.1 Å². The average Bonchev–Trinajstić information content (AvgIpc) is 2.79. The highest BCUT2D eigenvalue weighted by atomic mass is 16.2. The molecule has 1 amide bonds. The molecule has 2 aromatic rings. The van der Waals surface area contributed by atoms with Gasteiger partial charge in [-0.3, -0.25) is 14.7 Å². The minimum atomic E-state index is -0.254. The predicted octanol–water partition coefficient (Wildman–Crippen LogP) is 0.708. The van der Waals surface area contributed by atoms with Crippen molar-refractivity contribution in [1.29, 1.82) is 0 Å². The summed E-state index contributed by atoms with van der Waals surface area (Å²) in [5.74, 6) is 0.355. The topological polar surface area (TPSA) is 104 Å². The summed E-state index contributed by atoms with van der Waals surface area (Å²) >= 11 is 0. The number of carbonyl (C=O) groups excluding carboxylic acids is 1. The van der Waals surface area contributed by atoms with E-state index in [1.54, 1.807) is 13.8 Å². The van der Waals surface area contributed by atoms with Crippen LogP contribution in [-0.4, -0.2) is 32.1 Å². The minimum absolute atomic E-state index is 0.0262. The van der Waals surface area contributed by atoms with Crippen molar-refractivity contribution < 1.29 is 4.79 Å². The van der Waals surface area contributed by atoms with Gasteiger partial charge in [0.1, 0.15) is 5.82 Å². The van der Waals surface area contributed by atoms with Gasteiger partial charge in [-0.2, -0.15) is 5.10 Å². The molecule has 0 fully saturated rings. The van der Waals surface area contributed by atoms with E-state index in [1.807, 2.05) is 19.9 Å². The first-order valence-electron chi connectivity index (χ1n) is 7.21. The molecule has 0 radical (unpaired) electrons. The molecule has 0 spiro atoms. The normalized spacial score (nSPS) is 12.2. The molecule has 2 aromatic heterocycles. The van der Waals surface area contributed by atoms with Crippen molar-refractivity contribution in [1.82, 2.24) is 25.5 Å². The SMILES string of the molecule is Cc1cc(C[C@@H](C)NC(=O)Cc2c(C)nc(C)[nH]c2=O)n[nH]1. The number of aromatic amines is 2. The van der Waals surface area contributed by atoms with Gasteiger partial charge in [-0.15, -0.1) is 0 Å². The lowest BCUT2D eigenvalue weighted by atomic mass is 10.1. The summed E-state index contributed by atoms with van der Waals surface area (Å²) in [6.45, 7) is 7.29. The predicted molar refractivity (Wildman–Crippen MR) is 82.7 cm³/mol. The van der Waals surface area contributed by atoms with Crippen LogP contribution in [0, 0.1) is 20.8 Å². The Kier molecular flexibility index (Phi) is 4.75. The first-order valence-corrected chi connectivity index (χ1v) is 7.21. The number of aromatic nitrogens is 4. The van der Waals surface area contributed by atoms with Crippen molar-refractivity contribution in [2.24, 2.45) is 0 Å². The summed E-state index contributed by atoms with van der Waals surface area (Å²) in [7, 11) is 0.